The summed E-state index contributed by atoms with van der Waals surface area (Å²) >= 11 is 5.62. The molecule has 0 aromatic rings. The van der Waals surface area contributed by atoms with Gasteiger partial charge in [-0.05, 0) is 31.1 Å². The third kappa shape index (κ3) is 3.77. The van der Waals surface area contributed by atoms with Crippen molar-refractivity contribution >= 4 is 34.2 Å². The molecular formula is C17H32NO5PS2. The van der Waals surface area contributed by atoms with Gasteiger partial charge in [-0.1, -0.05) is 51.9 Å². The quantitative estimate of drug-likeness (QED) is 0.408. The normalized spacial score (nSPS) is 27.2. The molecule has 1 atom stereocenters. The number of amides is 1. The minimum atomic E-state index is -3.93. The number of nitrogens with zero attached hydrogens (tertiary/aromatic N) is 1. The van der Waals surface area contributed by atoms with Crippen molar-refractivity contribution in [3.05, 3.63) is 0 Å². The Morgan fingerprint density at radius 2 is 1.77 bits per heavy atom. The molecule has 1 saturated carbocycles. The minimum absolute atomic E-state index is 0.114. The lowest BCUT2D eigenvalue weighted by Gasteiger charge is -2.38. The second kappa shape index (κ2) is 8.99. The second-order valence-electron chi connectivity index (χ2n) is 7.28. The monoisotopic (exact) mass is 425 g/mol. The fraction of sp³-hybridized carbons (Fsp3) is 0.941. The molecule has 0 aromatic heterocycles. The van der Waals surface area contributed by atoms with Crippen molar-refractivity contribution in [2.45, 2.75) is 88.1 Å². The summed E-state index contributed by atoms with van der Waals surface area (Å²) in [6, 6.07) is -0.240. The van der Waals surface area contributed by atoms with E-state index >= 15 is 0 Å². The molecule has 1 aliphatic carbocycles. The van der Waals surface area contributed by atoms with Crippen molar-refractivity contribution < 1.29 is 22.3 Å². The van der Waals surface area contributed by atoms with Crippen molar-refractivity contribution in [3.8, 4) is 0 Å². The molecule has 26 heavy (non-hydrogen) atoms. The van der Waals surface area contributed by atoms with Crippen molar-refractivity contribution in [3.63, 3.8) is 0 Å². The Bertz CT molecular complexity index is 640. The third-order valence-electron chi connectivity index (χ3n) is 5.72. The third-order valence-corrected chi connectivity index (χ3v) is 14.1. The molecule has 1 unspecified atom stereocenters. The highest BCUT2D eigenvalue weighted by molar-refractivity contribution is 8.17. The summed E-state index contributed by atoms with van der Waals surface area (Å²) in [4.78, 5) is 12.9. The van der Waals surface area contributed by atoms with Crippen LogP contribution in [0.3, 0.4) is 0 Å². The van der Waals surface area contributed by atoms with E-state index < -0.39 is 21.0 Å². The highest BCUT2D eigenvalue weighted by Gasteiger charge is 2.66. The van der Waals surface area contributed by atoms with E-state index in [2.05, 4.69) is 6.92 Å². The van der Waals surface area contributed by atoms with E-state index in [1.807, 2.05) is 0 Å². The van der Waals surface area contributed by atoms with Crippen LogP contribution in [-0.2, 0) is 35.7 Å². The van der Waals surface area contributed by atoms with Crippen LogP contribution < -0.4 is 0 Å². The van der Waals surface area contributed by atoms with Crippen LogP contribution in [-0.4, -0.2) is 43.4 Å². The Labute approximate surface area is 163 Å². The molecule has 0 aromatic carbocycles. The zero-order chi connectivity index (χ0) is 19.4. The van der Waals surface area contributed by atoms with Gasteiger partial charge in [-0.25, -0.2) is 12.7 Å². The number of hydrogen-bond acceptors (Lipinski definition) is 6. The van der Waals surface area contributed by atoms with Gasteiger partial charge in [0.15, 0.2) is 4.49 Å². The van der Waals surface area contributed by atoms with Gasteiger partial charge in [-0.2, -0.15) is 0 Å². The fourth-order valence-electron chi connectivity index (χ4n) is 4.27. The molecule has 1 saturated heterocycles. The summed E-state index contributed by atoms with van der Waals surface area (Å²) in [5, 5.41) is 0. The Kier molecular flexibility index (Phi) is 7.71. The topological polar surface area (TPSA) is 72.9 Å². The van der Waals surface area contributed by atoms with Crippen LogP contribution in [0.4, 0.5) is 0 Å². The van der Waals surface area contributed by atoms with Gasteiger partial charge >= 0.3 is 0 Å². The summed E-state index contributed by atoms with van der Waals surface area (Å²) in [7, 11) is -1.12. The van der Waals surface area contributed by atoms with Gasteiger partial charge in [-0.15, -0.1) is 0 Å². The van der Waals surface area contributed by atoms with Crippen LogP contribution >= 0.6 is 6.49 Å². The predicted octanol–water partition coefficient (Wildman–Crippen LogP) is 4.15. The number of unbranched alkanes of at least 4 members (excludes halogenated alkanes) is 3. The average molecular weight is 426 g/mol. The molecule has 0 spiro atoms. The van der Waals surface area contributed by atoms with Gasteiger partial charge in [0.25, 0.3) is 10.0 Å². The van der Waals surface area contributed by atoms with Gasteiger partial charge in [-0.3, -0.25) is 4.79 Å². The number of rotatable bonds is 9. The lowest BCUT2D eigenvalue weighted by Crippen LogP contribution is -2.45. The lowest BCUT2D eigenvalue weighted by molar-refractivity contribution is -0.127. The summed E-state index contributed by atoms with van der Waals surface area (Å²) in [5.41, 5.74) is 0. The molecule has 1 amide bonds. The molecular weight excluding hydrogens is 393 g/mol. The Morgan fingerprint density at radius 3 is 2.31 bits per heavy atom. The molecule has 0 bridgehead atoms. The van der Waals surface area contributed by atoms with Gasteiger partial charge in [0.05, 0.1) is 6.42 Å². The average Bonchev–Trinajstić information content (AvgIpc) is 2.84. The van der Waals surface area contributed by atoms with Crippen molar-refractivity contribution in [2.24, 2.45) is 0 Å². The van der Waals surface area contributed by atoms with Crippen LogP contribution in [0.1, 0.15) is 77.6 Å². The largest absolute Gasteiger partial charge is 0.332 e. The molecule has 152 valence electrons. The summed E-state index contributed by atoms with van der Waals surface area (Å²) in [5.74, 6) is -0.337. The molecule has 2 rings (SSSR count). The second-order valence-corrected chi connectivity index (χ2v) is 13.7. The number of sulfonamides is 1. The van der Waals surface area contributed by atoms with Crippen LogP contribution in [0.2, 0.25) is 0 Å². The molecule has 1 heterocycles. The zero-order valence-electron chi connectivity index (χ0n) is 16.1. The van der Waals surface area contributed by atoms with E-state index in [4.69, 9.17) is 20.9 Å². The number of carbonyl (C=O) groups is 1. The molecule has 0 N–H and O–H groups in total. The first-order valence-corrected chi connectivity index (χ1v) is 13.7. The van der Waals surface area contributed by atoms with Crippen molar-refractivity contribution in [2.75, 3.05) is 14.2 Å². The maximum Gasteiger partial charge on any atom is 0.253 e. The highest BCUT2D eigenvalue weighted by atomic mass is 32.5. The molecule has 1 aliphatic heterocycles. The van der Waals surface area contributed by atoms with Gasteiger partial charge in [0.1, 0.15) is 0 Å². The number of hydrogen-bond donors (Lipinski definition) is 0. The standard InChI is InChI=1S/C17H32NO5PS2/c1-4-5-6-10-13-17(24(25,22-2)23-3)14-16(19)18(26(17,20)21)15-11-8-7-9-12-15/h15H,4-14H2,1-3H3. The number of carbonyl (C=O) groups excluding carboxylic acids is 1. The van der Waals surface area contributed by atoms with Crippen LogP contribution in [0.25, 0.3) is 0 Å². The summed E-state index contributed by atoms with van der Waals surface area (Å²) in [6.45, 7) is -1.07. The van der Waals surface area contributed by atoms with E-state index in [1.165, 1.54) is 14.2 Å². The first kappa shape index (κ1) is 22.3. The SMILES string of the molecule is CCCCCCC1(P(=S)(OC)OC)CC(=O)N(C2CCCCC2)S1(=O)=O. The smallest absolute Gasteiger partial charge is 0.253 e. The molecule has 2 aliphatic rings. The Hall–Kier alpha value is -0.0100. The van der Waals surface area contributed by atoms with E-state index in [9.17, 15) is 13.2 Å². The minimum Gasteiger partial charge on any atom is -0.332 e. The van der Waals surface area contributed by atoms with Crippen LogP contribution in [0.5, 0.6) is 0 Å². The van der Waals surface area contributed by atoms with E-state index in [0.717, 1.165) is 55.7 Å². The van der Waals surface area contributed by atoms with Gasteiger partial charge < -0.3 is 9.05 Å². The fourth-order valence-corrected chi connectivity index (χ4v) is 11.0. The molecule has 0 radical (unpaired) electrons. The maximum absolute atomic E-state index is 13.7. The van der Waals surface area contributed by atoms with E-state index in [-0.39, 0.29) is 18.4 Å². The predicted molar refractivity (Wildman–Crippen MR) is 107 cm³/mol. The Balaban J connectivity index is 2.43. The van der Waals surface area contributed by atoms with E-state index in [0.29, 0.717) is 12.8 Å². The van der Waals surface area contributed by atoms with Gasteiger partial charge in [0.2, 0.25) is 12.4 Å². The van der Waals surface area contributed by atoms with E-state index in [1.54, 1.807) is 0 Å². The molecule has 2 fully saturated rings. The van der Waals surface area contributed by atoms with Crippen molar-refractivity contribution in [1.29, 1.82) is 0 Å². The Morgan fingerprint density at radius 1 is 1.15 bits per heavy atom. The summed E-state index contributed by atoms with van der Waals surface area (Å²) < 4.78 is 38.0. The van der Waals surface area contributed by atoms with Crippen LogP contribution in [0, 0.1) is 0 Å². The van der Waals surface area contributed by atoms with Crippen molar-refractivity contribution in [1.82, 2.24) is 4.31 Å². The first-order valence-electron chi connectivity index (χ1n) is 9.58. The zero-order valence-corrected chi connectivity index (χ0v) is 18.6. The summed E-state index contributed by atoms with van der Waals surface area (Å²) in [6.07, 6.45) is 8.37. The molecule has 6 nitrogen and oxygen atoms in total. The maximum atomic E-state index is 13.7. The van der Waals surface area contributed by atoms with Gasteiger partial charge in [0, 0.05) is 20.3 Å². The first-order chi connectivity index (χ1) is 12.3. The van der Waals surface area contributed by atoms with Crippen LogP contribution in [0.15, 0.2) is 0 Å². The lowest BCUT2D eigenvalue weighted by atomic mass is 9.95. The molecule has 9 heteroatoms. The highest BCUT2D eigenvalue weighted by Crippen LogP contribution is 2.68.